The molecule has 112 valence electrons. The minimum absolute atomic E-state index is 0.0295. The Morgan fingerprint density at radius 1 is 1.40 bits per heavy atom. The van der Waals surface area contributed by atoms with Crippen LogP contribution in [0.4, 0.5) is 0 Å². The van der Waals surface area contributed by atoms with Crippen molar-refractivity contribution < 1.29 is 4.79 Å². The van der Waals surface area contributed by atoms with Crippen molar-refractivity contribution in [2.45, 2.75) is 52.1 Å². The lowest BCUT2D eigenvalue weighted by Gasteiger charge is -2.35. The van der Waals surface area contributed by atoms with Crippen LogP contribution in [0.25, 0.3) is 0 Å². The molecule has 0 radical (unpaired) electrons. The first-order valence-electron chi connectivity index (χ1n) is 7.21. The van der Waals surface area contributed by atoms with Crippen molar-refractivity contribution in [2.24, 2.45) is 5.73 Å². The molecule has 1 atom stereocenters. The second kappa shape index (κ2) is 6.54. The van der Waals surface area contributed by atoms with E-state index in [0.29, 0.717) is 19.5 Å². The molecule has 6 heteroatoms. The third-order valence-electron chi connectivity index (χ3n) is 4.14. The highest BCUT2D eigenvalue weighted by atomic mass is 32.1. The van der Waals surface area contributed by atoms with Crippen LogP contribution in [0.15, 0.2) is 4.79 Å². The molecule has 2 rings (SSSR count). The van der Waals surface area contributed by atoms with Crippen LogP contribution in [0.2, 0.25) is 0 Å². The lowest BCUT2D eigenvalue weighted by atomic mass is 10.0. The molecule has 20 heavy (non-hydrogen) atoms. The van der Waals surface area contributed by atoms with Gasteiger partial charge in [-0.2, -0.15) is 0 Å². The molecule has 1 unspecified atom stereocenters. The average molecular weight is 297 g/mol. The predicted octanol–water partition coefficient (Wildman–Crippen LogP) is 1.26. The van der Waals surface area contributed by atoms with Gasteiger partial charge >= 0.3 is 4.87 Å². The number of hydrogen-bond acceptors (Lipinski definition) is 4. The Kier molecular flexibility index (Phi) is 4.99. The SMILES string of the molecule is Cc1sc(=O)n(CCC(=O)N2CCCCC2CN)c1C. The van der Waals surface area contributed by atoms with Crippen LogP contribution in [-0.4, -0.2) is 34.5 Å². The molecule has 2 N–H and O–H groups in total. The van der Waals surface area contributed by atoms with Gasteiger partial charge in [0.2, 0.25) is 5.91 Å². The van der Waals surface area contributed by atoms with Crippen LogP contribution in [0.1, 0.15) is 36.3 Å². The van der Waals surface area contributed by atoms with Crippen LogP contribution in [0.3, 0.4) is 0 Å². The second-order valence-corrected chi connectivity index (χ2v) is 6.55. The van der Waals surface area contributed by atoms with Gasteiger partial charge in [-0.1, -0.05) is 11.3 Å². The highest BCUT2D eigenvalue weighted by Crippen LogP contribution is 2.17. The standard InChI is InChI=1S/C14H23N3O2S/c1-10-11(2)20-14(19)16(10)8-6-13(18)17-7-4-3-5-12(17)9-15/h12H,3-9,15H2,1-2H3. The number of amides is 1. The highest BCUT2D eigenvalue weighted by molar-refractivity contribution is 7.09. The molecule has 5 nitrogen and oxygen atoms in total. The molecule has 0 aliphatic carbocycles. The molecule has 1 amide bonds. The maximum atomic E-state index is 12.3. The molecule has 1 aliphatic rings. The molecule has 0 spiro atoms. The maximum Gasteiger partial charge on any atom is 0.307 e. The highest BCUT2D eigenvalue weighted by Gasteiger charge is 2.25. The third-order valence-corrected chi connectivity index (χ3v) is 5.14. The van der Waals surface area contributed by atoms with Gasteiger partial charge in [0.05, 0.1) is 0 Å². The first-order valence-corrected chi connectivity index (χ1v) is 8.02. The number of carbonyl (C=O) groups excluding carboxylic acids is 1. The number of hydrogen-bond donors (Lipinski definition) is 1. The van der Waals surface area contributed by atoms with Crippen molar-refractivity contribution in [1.82, 2.24) is 9.47 Å². The van der Waals surface area contributed by atoms with Crippen molar-refractivity contribution >= 4 is 17.2 Å². The summed E-state index contributed by atoms with van der Waals surface area (Å²) in [6, 6.07) is 0.179. The van der Waals surface area contributed by atoms with E-state index >= 15 is 0 Å². The molecular formula is C14H23N3O2S. The fourth-order valence-corrected chi connectivity index (χ4v) is 3.63. The minimum atomic E-state index is 0.0295. The fourth-order valence-electron chi connectivity index (χ4n) is 2.77. The van der Waals surface area contributed by atoms with Crippen molar-refractivity contribution in [2.75, 3.05) is 13.1 Å². The zero-order valence-electron chi connectivity index (χ0n) is 12.2. The normalized spacial score (nSPS) is 19.4. The van der Waals surface area contributed by atoms with Gasteiger partial charge in [-0.05, 0) is 33.1 Å². The topological polar surface area (TPSA) is 68.3 Å². The summed E-state index contributed by atoms with van der Waals surface area (Å²) < 4.78 is 1.71. The summed E-state index contributed by atoms with van der Waals surface area (Å²) in [7, 11) is 0. The van der Waals surface area contributed by atoms with E-state index < -0.39 is 0 Å². The maximum absolute atomic E-state index is 12.3. The number of nitrogens with two attached hydrogens (primary N) is 1. The molecule has 1 fully saturated rings. The summed E-state index contributed by atoms with van der Waals surface area (Å²) in [5, 5.41) is 0. The number of piperidine rings is 1. The van der Waals surface area contributed by atoms with E-state index in [9.17, 15) is 9.59 Å². The Balaban J connectivity index is 1.99. The van der Waals surface area contributed by atoms with Crippen molar-refractivity contribution in [3.63, 3.8) is 0 Å². The number of nitrogens with zero attached hydrogens (tertiary/aromatic N) is 2. The number of thiazole rings is 1. The molecule has 0 saturated carbocycles. The minimum Gasteiger partial charge on any atom is -0.338 e. The lowest BCUT2D eigenvalue weighted by Crippen LogP contribution is -2.47. The zero-order chi connectivity index (χ0) is 14.7. The predicted molar refractivity (Wildman–Crippen MR) is 81.1 cm³/mol. The van der Waals surface area contributed by atoms with Crippen molar-refractivity contribution in [1.29, 1.82) is 0 Å². The number of aromatic nitrogens is 1. The van der Waals surface area contributed by atoms with Gasteiger partial charge < -0.3 is 15.2 Å². The number of carbonyl (C=O) groups is 1. The molecule has 1 aromatic rings. The number of rotatable bonds is 4. The van der Waals surface area contributed by atoms with Gasteiger partial charge in [0.25, 0.3) is 0 Å². The van der Waals surface area contributed by atoms with Crippen LogP contribution >= 0.6 is 11.3 Å². The van der Waals surface area contributed by atoms with Gasteiger partial charge in [0.15, 0.2) is 0 Å². The zero-order valence-corrected chi connectivity index (χ0v) is 13.0. The van der Waals surface area contributed by atoms with Crippen LogP contribution in [0.5, 0.6) is 0 Å². The largest absolute Gasteiger partial charge is 0.338 e. The molecule has 2 heterocycles. The lowest BCUT2D eigenvalue weighted by molar-refractivity contribution is -0.134. The number of likely N-dealkylation sites (tertiary alicyclic amines) is 1. The van der Waals surface area contributed by atoms with E-state index in [0.717, 1.165) is 36.4 Å². The van der Waals surface area contributed by atoms with Crippen molar-refractivity contribution in [3.05, 3.63) is 20.2 Å². The molecule has 1 aliphatic heterocycles. The van der Waals surface area contributed by atoms with E-state index in [1.807, 2.05) is 18.7 Å². The quantitative estimate of drug-likeness (QED) is 0.909. The van der Waals surface area contributed by atoms with E-state index in [1.165, 1.54) is 11.3 Å². The molecule has 0 bridgehead atoms. The Bertz CT molecular complexity index is 535. The van der Waals surface area contributed by atoms with Crippen LogP contribution in [-0.2, 0) is 11.3 Å². The summed E-state index contributed by atoms with van der Waals surface area (Å²) in [5.41, 5.74) is 6.72. The number of aryl methyl sites for hydroxylation is 1. The summed E-state index contributed by atoms with van der Waals surface area (Å²) in [6.45, 7) is 5.68. The van der Waals surface area contributed by atoms with Gasteiger partial charge in [-0.15, -0.1) is 0 Å². The summed E-state index contributed by atoms with van der Waals surface area (Å²) in [4.78, 5) is 27.1. The second-order valence-electron chi connectivity index (χ2n) is 5.38. The Morgan fingerprint density at radius 3 is 2.75 bits per heavy atom. The molecular weight excluding hydrogens is 274 g/mol. The Labute approximate surface area is 123 Å². The first-order chi connectivity index (χ1) is 9.54. The first kappa shape index (κ1) is 15.3. The van der Waals surface area contributed by atoms with Crippen molar-refractivity contribution in [3.8, 4) is 0 Å². The average Bonchev–Trinajstić information content (AvgIpc) is 2.70. The molecule has 1 saturated heterocycles. The monoisotopic (exact) mass is 297 g/mol. The van der Waals surface area contributed by atoms with E-state index in [2.05, 4.69) is 0 Å². The van der Waals surface area contributed by atoms with Crippen LogP contribution < -0.4 is 10.6 Å². The molecule has 0 aromatic carbocycles. The fraction of sp³-hybridized carbons (Fsp3) is 0.714. The van der Waals surface area contributed by atoms with E-state index in [-0.39, 0.29) is 16.8 Å². The van der Waals surface area contributed by atoms with Gasteiger partial charge in [-0.3, -0.25) is 9.59 Å². The van der Waals surface area contributed by atoms with Gasteiger partial charge in [0, 0.05) is 42.7 Å². The Morgan fingerprint density at radius 2 is 2.15 bits per heavy atom. The Hall–Kier alpha value is -1.14. The smallest absolute Gasteiger partial charge is 0.307 e. The van der Waals surface area contributed by atoms with Gasteiger partial charge in [0.1, 0.15) is 0 Å². The molecule has 1 aromatic heterocycles. The summed E-state index contributed by atoms with van der Waals surface area (Å²) in [6.07, 6.45) is 3.58. The summed E-state index contributed by atoms with van der Waals surface area (Å²) >= 11 is 1.25. The third kappa shape index (κ3) is 3.12. The van der Waals surface area contributed by atoms with E-state index in [1.54, 1.807) is 4.57 Å². The van der Waals surface area contributed by atoms with Crippen LogP contribution in [0, 0.1) is 13.8 Å². The van der Waals surface area contributed by atoms with E-state index in [4.69, 9.17) is 5.73 Å². The summed E-state index contributed by atoms with van der Waals surface area (Å²) in [5.74, 6) is 0.121. The van der Waals surface area contributed by atoms with Gasteiger partial charge in [-0.25, -0.2) is 0 Å².